The first-order valence-electron chi connectivity index (χ1n) is 7.02. The van der Waals surface area contributed by atoms with Crippen LogP contribution in [0.5, 0.6) is 0 Å². The average Bonchev–Trinajstić information content (AvgIpc) is 2.37. The minimum Gasteiger partial charge on any atom is -0.353 e. The van der Waals surface area contributed by atoms with Crippen LogP contribution in [0.4, 0.5) is 10.1 Å². The molecule has 1 aromatic carbocycles. The summed E-state index contributed by atoms with van der Waals surface area (Å²) in [4.78, 5) is 24.6. The molecule has 2 rings (SSSR count). The predicted octanol–water partition coefficient (Wildman–Crippen LogP) is 1.03. The van der Waals surface area contributed by atoms with E-state index in [4.69, 9.17) is 0 Å². The highest BCUT2D eigenvalue weighted by Gasteiger charge is 2.24. The summed E-state index contributed by atoms with van der Waals surface area (Å²) in [6.45, 7) is 5.70. The molecule has 0 radical (unpaired) electrons. The van der Waals surface area contributed by atoms with Crippen molar-refractivity contribution in [3.05, 3.63) is 29.6 Å². The number of imide groups is 1. The number of carbonyl (C=O) groups is 2. The SMILES string of the molecule is CC(C)CNCc1cc(F)ccc1N1CC(=O)NC(=O)C1. The Kier molecular flexibility index (Phi) is 4.90. The van der Waals surface area contributed by atoms with Crippen molar-refractivity contribution in [3.8, 4) is 0 Å². The van der Waals surface area contributed by atoms with E-state index in [1.54, 1.807) is 11.0 Å². The van der Waals surface area contributed by atoms with Crippen molar-refractivity contribution >= 4 is 17.5 Å². The molecule has 0 bridgehead atoms. The van der Waals surface area contributed by atoms with Gasteiger partial charge in [-0.3, -0.25) is 14.9 Å². The van der Waals surface area contributed by atoms with Crippen LogP contribution in [0.1, 0.15) is 19.4 Å². The van der Waals surface area contributed by atoms with Crippen LogP contribution in [-0.2, 0) is 16.1 Å². The number of anilines is 1. The fourth-order valence-corrected chi connectivity index (χ4v) is 2.31. The maximum atomic E-state index is 13.5. The molecule has 0 atom stereocenters. The Morgan fingerprint density at radius 3 is 2.57 bits per heavy atom. The molecule has 1 fully saturated rings. The summed E-state index contributed by atoms with van der Waals surface area (Å²) in [5.41, 5.74) is 1.47. The van der Waals surface area contributed by atoms with E-state index in [-0.39, 0.29) is 30.7 Å². The van der Waals surface area contributed by atoms with Crippen LogP contribution in [0.25, 0.3) is 0 Å². The quantitative estimate of drug-likeness (QED) is 0.796. The molecule has 1 aliphatic rings. The van der Waals surface area contributed by atoms with Gasteiger partial charge in [0.25, 0.3) is 0 Å². The third-order valence-corrected chi connectivity index (χ3v) is 3.20. The lowest BCUT2D eigenvalue weighted by Crippen LogP contribution is -2.51. The fourth-order valence-electron chi connectivity index (χ4n) is 2.31. The van der Waals surface area contributed by atoms with Gasteiger partial charge in [-0.1, -0.05) is 13.8 Å². The summed E-state index contributed by atoms with van der Waals surface area (Å²) >= 11 is 0. The van der Waals surface area contributed by atoms with Crippen LogP contribution in [0, 0.1) is 11.7 Å². The highest BCUT2D eigenvalue weighted by atomic mass is 19.1. The zero-order valence-electron chi connectivity index (χ0n) is 12.3. The number of nitrogens with one attached hydrogen (secondary N) is 2. The van der Waals surface area contributed by atoms with Gasteiger partial charge < -0.3 is 10.2 Å². The number of carbonyl (C=O) groups excluding carboxylic acids is 2. The van der Waals surface area contributed by atoms with Gasteiger partial charge in [-0.2, -0.15) is 0 Å². The molecule has 114 valence electrons. The second-order valence-electron chi connectivity index (χ2n) is 5.63. The molecule has 0 saturated carbocycles. The van der Waals surface area contributed by atoms with Gasteiger partial charge in [-0.15, -0.1) is 0 Å². The Bertz CT molecular complexity index is 530. The fraction of sp³-hybridized carbons (Fsp3) is 0.467. The van der Waals surface area contributed by atoms with Crippen LogP contribution in [0.15, 0.2) is 18.2 Å². The van der Waals surface area contributed by atoms with Crippen molar-refractivity contribution in [2.24, 2.45) is 5.92 Å². The normalized spacial score (nSPS) is 15.5. The second-order valence-corrected chi connectivity index (χ2v) is 5.63. The smallest absolute Gasteiger partial charge is 0.246 e. The Morgan fingerprint density at radius 1 is 1.29 bits per heavy atom. The van der Waals surface area contributed by atoms with Gasteiger partial charge in [-0.25, -0.2) is 4.39 Å². The summed E-state index contributed by atoms with van der Waals surface area (Å²) in [6.07, 6.45) is 0. The van der Waals surface area contributed by atoms with Crippen molar-refractivity contribution in [2.75, 3.05) is 24.5 Å². The number of amides is 2. The van der Waals surface area contributed by atoms with Gasteiger partial charge in [0.05, 0.1) is 13.1 Å². The van der Waals surface area contributed by atoms with Crippen LogP contribution < -0.4 is 15.5 Å². The minimum absolute atomic E-state index is 0.106. The third-order valence-electron chi connectivity index (χ3n) is 3.20. The number of benzene rings is 1. The van der Waals surface area contributed by atoms with Crippen LogP contribution >= 0.6 is 0 Å². The molecule has 2 N–H and O–H groups in total. The van der Waals surface area contributed by atoms with Gasteiger partial charge >= 0.3 is 0 Å². The first kappa shape index (κ1) is 15.4. The molecule has 0 spiro atoms. The zero-order valence-corrected chi connectivity index (χ0v) is 12.3. The monoisotopic (exact) mass is 293 g/mol. The van der Waals surface area contributed by atoms with E-state index < -0.39 is 0 Å². The molecule has 21 heavy (non-hydrogen) atoms. The summed E-state index contributed by atoms with van der Waals surface area (Å²) in [7, 11) is 0. The third kappa shape index (κ3) is 4.26. The number of piperazine rings is 1. The Balaban J connectivity index is 2.17. The first-order valence-corrected chi connectivity index (χ1v) is 7.02. The van der Waals surface area contributed by atoms with Crippen molar-refractivity contribution < 1.29 is 14.0 Å². The largest absolute Gasteiger partial charge is 0.353 e. The van der Waals surface area contributed by atoms with Crippen molar-refractivity contribution in [1.82, 2.24) is 10.6 Å². The van der Waals surface area contributed by atoms with Crippen LogP contribution in [0.2, 0.25) is 0 Å². The van der Waals surface area contributed by atoms with Crippen molar-refractivity contribution in [3.63, 3.8) is 0 Å². The lowest BCUT2D eigenvalue weighted by molar-refractivity contribution is -0.130. The van der Waals surface area contributed by atoms with Gasteiger partial charge in [0.15, 0.2) is 0 Å². The van der Waals surface area contributed by atoms with Gasteiger partial charge in [0.2, 0.25) is 11.8 Å². The number of rotatable bonds is 5. The van der Waals surface area contributed by atoms with E-state index in [1.807, 2.05) is 0 Å². The number of nitrogens with zero attached hydrogens (tertiary/aromatic N) is 1. The second kappa shape index (κ2) is 6.67. The van der Waals surface area contributed by atoms with Gasteiger partial charge in [0.1, 0.15) is 5.82 Å². The maximum Gasteiger partial charge on any atom is 0.246 e. The topological polar surface area (TPSA) is 61.4 Å². The molecule has 1 heterocycles. The molecule has 1 saturated heterocycles. The van der Waals surface area contributed by atoms with Crippen LogP contribution in [-0.4, -0.2) is 31.4 Å². The van der Waals surface area contributed by atoms with E-state index in [0.29, 0.717) is 12.5 Å². The highest BCUT2D eigenvalue weighted by molar-refractivity contribution is 6.02. The summed E-state index contributed by atoms with van der Waals surface area (Å²) in [5, 5.41) is 5.51. The average molecular weight is 293 g/mol. The van der Waals surface area contributed by atoms with E-state index >= 15 is 0 Å². The molecule has 5 nitrogen and oxygen atoms in total. The maximum absolute atomic E-state index is 13.5. The number of halogens is 1. The van der Waals surface area contributed by atoms with E-state index in [0.717, 1.165) is 17.8 Å². The Hall–Kier alpha value is -1.95. The molecule has 0 aliphatic carbocycles. The lowest BCUT2D eigenvalue weighted by atomic mass is 10.1. The number of hydrogen-bond acceptors (Lipinski definition) is 4. The van der Waals surface area contributed by atoms with Crippen molar-refractivity contribution in [1.29, 1.82) is 0 Å². The Labute approximate surface area is 123 Å². The zero-order chi connectivity index (χ0) is 15.4. The molecule has 1 aromatic rings. The summed E-state index contributed by atoms with van der Waals surface area (Å²) in [5.74, 6) is -0.509. The van der Waals surface area contributed by atoms with Gasteiger partial charge in [-0.05, 0) is 36.2 Å². The Morgan fingerprint density at radius 2 is 1.95 bits per heavy atom. The van der Waals surface area contributed by atoms with E-state index in [9.17, 15) is 14.0 Å². The standard InChI is InChI=1S/C15H20FN3O2/c1-10(2)6-17-7-11-5-12(16)3-4-13(11)19-8-14(20)18-15(21)9-19/h3-5,10,17H,6-9H2,1-2H3,(H,18,20,21). The lowest BCUT2D eigenvalue weighted by Gasteiger charge is -2.29. The highest BCUT2D eigenvalue weighted by Crippen LogP contribution is 2.22. The molecule has 0 aromatic heterocycles. The molecule has 2 amide bonds. The van der Waals surface area contributed by atoms with E-state index in [2.05, 4.69) is 24.5 Å². The molecule has 6 heteroatoms. The molecular weight excluding hydrogens is 273 g/mol. The molecular formula is C15H20FN3O2. The molecule has 1 aliphatic heterocycles. The minimum atomic E-state index is -0.336. The number of hydrogen-bond donors (Lipinski definition) is 2. The van der Waals surface area contributed by atoms with Gasteiger partial charge in [0, 0.05) is 12.2 Å². The van der Waals surface area contributed by atoms with E-state index in [1.165, 1.54) is 12.1 Å². The van der Waals surface area contributed by atoms with Crippen LogP contribution in [0.3, 0.4) is 0 Å². The molecule has 0 unspecified atom stereocenters. The summed E-state index contributed by atoms with van der Waals surface area (Å²) in [6, 6.07) is 4.41. The predicted molar refractivity (Wildman–Crippen MR) is 78.3 cm³/mol. The van der Waals surface area contributed by atoms with Crippen molar-refractivity contribution in [2.45, 2.75) is 20.4 Å². The summed E-state index contributed by atoms with van der Waals surface area (Å²) < 4.78 is 13.5. The first-order chi connectivity index (χ1) is 9.95.